The Morgan fingerprint density at radius 2 is 2.45 bits per heavy atom. The number of oxime groups is 1. The van der Waals surface area contributed by atoms with E-state index in [1.807, 2.05) is 0 Å². The predicted octanol–water partition coefficient (Wildman–Crippen LogP) is 2.58. The van der Waals surface area contributed by atoms with E-state index in [0.29, 0.717) is 5.92 Å². The van der Waals surface area contributed by atoms with Gasteiger partial charge in [0.1, 0.15) is 0 Å². The van der Waals surface area contributed by atoms with Crippen LogP contribution in [0.5, 0.6) is 0 Å². The molecule has 1 fully saturated rings. The minimum atomic E-state index is 0.569. The Morgan fingerprint density at radius 3 is 3.09 bits per heavy atom. The van der Waals surface area contributed by atoms with Crippen LogP contribution in [0.15, 0.2) is 17.3 Å². The van der Waals surface area contributed by atoms with Crippen molar-refractivity contribution >= 4 is 6.21 Å². The Labute approximate surface area is 67.6 Å². The Bertz CT molecular complexity index is 163. The zero-order chi connectivity index (χ0) is 8.10. The quantitative estimate of drug-likeness (QED) is 0.281. The van der Waals surface area contributed by atoms with Crippen LogP contribution in [0.2, 0.25) is 0 Å². The molecule has 0 heterocycles. The maximum absolute atomic E-state index is 8.22. The maximum Gasteiger partial charge on any atom is 0.0441 e. The van der Waals surface area contributed by atoms with E-state index in [2.05, 4.69) is 11.7 Å². The molecule has 1 saturated carbocycles. The third-order valence-corrected chi connectivity index (χ3v) is 2.35. The van der Waals surface area contributed by atoms with Crippen molar-refractivity contribution in [3.8, 4) is 0 Å². The van der Waals surface area contributed by atoms with Crippen LogP contribution in [0, 0.1) is 5.92 Å². The molecule has 62 valence electrons. The summed E-state index contributed by atoms with van der Waals surface area (Å²) in [7, 11) is 0. The molecular formula is C9H15NO. The number of rotatable bonds is 2. The first-order chi connectivity index (χ1) is 5.34. The first-order valence-corrected chi connectivity index (χ1v) is 4.18. The van der Waals surface area contributed by atoms with E-state index in [4.69, 9.17) is 5.21 Å². The Balaban J connectivity index is 2.35. The fourth-order valence-electron chi connectivity index (χ4n) is 1.61. The summed E-state index contributed by atoms with van der Waals surface area (Å²) in [5.74, 6) is 0.569. The molecule has 1 aliphatic rings. The second-order valence-corrected chi connectivity index (χ2v) is 3.13. The highest BCUT2D eigenvalue weighted by molar-refractivity contribution is 5.57. The molecule has 1 aliphatic carbocycles. The van der Waals surface area contributed by atoms with Crippen molar-refractivity contribution in [2.75, 3.05) is 0 Å². The molecule has 1 unspecified atom stereocenters. The molecule has 1 atom stereocenters. The molecule has 0 bridgehead atoms. The van der Waals surface area contributed by atoms with E-state index in [1.165, 1.54) is 24.8 Å². The van der Waals surface area contributed by atoms with Crippen LogP contribution in [0.1, 0.15) is 32.1 Å². The van der Waals surface area contributed by atoms with Crippen molar-refractivity contribution in [1.82, 2.24) is 0 Å². The zero-order valence-electron chi connectivity index (χ0n) is 6.79. The van der Waals surface area contributed by atoms with Crippen LogP contribution in [-0.2, 0) is 0 Å². The van der Waals surface area contributed by atoms with Gasteiger partial charge in [0.05, 0.1) is 0 Å². The summed E-state index contributed by atoms with van der Waals surface area (Å²) in [4.78, 5) is 0. The van der Waals surface area contributed by atoms with Crippen LogP contribution in [0.25, 0.3) is 0 Å². The standard InChI is InChI=1S/C9H15NO/c1-8-4-2-3-5-9(8)6-7-10-11/h7,9,11H,1-6H2/b10-7+. The third-order valence-electron chi connectivity index (χ3n) is 2.35. The Morgan fingerprint density at radius 1 is 1.64 bits per heavy atom. The monoisotopic (exact) mass is 153 g/mol. The van der Waals surface area contributed by atoms with Gasteiger partial charge in [0.25, 0.3) is 0 Å². The van der Waals surface area contributed by atoms with Crippen LogP contribution in [0.3, 0.4) is 0 Å². The fraction of sp³-hybridized carbons (Fsp3) is 0.667. The molecule has 0 aliphatic heterocycles. The van der Waals surface area contributed by atoms with Crippen LogP contribution in [-0.4, -0.2) is 11.4 Å². The third kappa shape index (κ3) is 2.37. The molecule has 0 saturated heterocycles. The van der Waals surface area contributed by atoms with Gasteiger partial charge in [-0.25, -0.2) is 0 Å². The molecule has 0 spiro atoms. The first-order valence-electron chi connectivity index (χ1n) is 4.18. The Hall–Kier alpha value is -0.790. The number of hydrogen-bond donors (Lipinski definition) is 1. The summed E-state index contributed by atoms with van der Waals surface area (Å²) in [5.41, 5.74) is 1.33. The van der Waals surface area contributed by atoms with Gasteiger partial charge in [-0.05, 0) is 31.6 Å². The van der Waals surface area contributed by atoms with E-state index < -0.39 is 0 Å². The highest BCUT2D eigenvalue weighted by atomic mass is 16.4. The Kier molecular flexibility index (Phi) is 3.14. The van der Waals surface area contributed by atoms with Gasteiger partial charge in [0.2, 0.25) is 0 Å². The molecular weight excluding hydrogens is 138 g/mol. The number of nitrogens with zero attached hydrogens (tertiary/aromatic N) is 1. The molecule has 1 rings (SSSR count). The lowest BCUT2D eigenvalue weighted by molar-refractivity contribution is 0.319. The fourth-order valence-corrected chi connectivity index (χ4v) is 1.61. The van der Waals surface area contributed by atoms with Gasteiger partial charge in [-0.15, -0.1) is 5.16 Å². The van der Waals surface area contributed by atoms with Gasteiger partial charge in [-0.3, -0.25) is 0 Å². The lowest BCUT2D eigenvalue weighted by atomic mass is 9.83. The number of allylic oxidation sites excluding steroid dienone is 1. The normalized spacial score (nSPS) is 26.2. The highest BCUT2D eigenvalue weighted by Crippen LogP contribution is 2.29. The molecule has 0 radical (unpaired) electrons. The van der Waals surface area contributed by atoms with E-state index in [-0.39, 0.29) is 0 Å². The minimum absolute atomic E-state index is 0.569. The average Bonchev–Trinajstić information content (AvgIpc) is 2.03. The zero-order valence-corrected chi connectivity index (χ0v) is 6.79. The van der Waals surface area contributed by atoms with Crippen molar-refractivity contribution in [2.45, 2.75) is 32.1 Å². The van der Waals surface area contributed by atoms with E-state index in [9.17, 15) is 0 Å². The topological polar surface area (TPSA) is 32.6 Å². The van der Waals surface area contributed by atoms with Crippen molar-refractivity contribution in [3.63, 3.8) is 0 Å². The van der Waals surface area contributed by atoms with Gasteiger partial charge >= 0.3 is 0 Å². The van der Waals surface area contributed by atoms with Gasteiger partial charge in [0, 0.05) is 6.21 Å². The van der Waals surface area contributed by atoms with Crippen LogP contribution < -0.4 is 0 Å². The van der Waals surface area contributed by atoms with Crippen molar-refractivity contribution < 1.29 is 5.21 Å². The number of hydrogen-bond acceptors (Lipinski definition) is 2. The SMILES string of the molecule is C=C1CCCCC1C/C=N/O. The largest absolute Gasteiger partial charge is 0.411 e. The van der Waals surface area contributed by atoms with Crippen molar-refractivity contribution in [3.05, 3.63) is 12.2 Å². The summed E-state index contributed by atoms with van der Waals surface area (Å²) in [6.07, 6.45) is 7.37. The lowest BCUT2D eigenvalue weighted by Crippen LogP contribution is -2.09. The smallest absolute Gasteiger partial charge is 0.0441 e. The summed E-state index contributed by atoms with van der Waals surface area (Å²) >= 11 is 0. The molecule has 0 aromatic rings. The van der Waals surface area contributed by atoms with Crippen LogP contribution >= 0.6 is 0 Å². The molecule has 2 heteroatoms. The highest BCUT2D eigenvalue weighted by Gasteiger charge is 2.15. The average molecular weight is 153 g/mol. The maximum atomic E-state index is 8.22. The van der Waals surface area contributed by atoms with E-state index in [0.717, 1.165) is 12.8 Å². The predicted molar refractivity (Wildman–Crippen MR) is 46.0 cm³/mol. The van der Waals surface area contributed by atoms with Gasteiger partial charge in [-0.2, -0.15) is 0 Å². The first kappa shape index (κ1) is 8.31. The second-order valence-electron chi connectivity index (χ2n) is 3.13. The molecule has 1 N–H and O–H groups in total. The summed E-state index contributed by atoms with van der Waals surface area (Å²) in [5, 5.41) is 11.2. The van der Waals surface area contributed by atoms with E-state index in [1.54, 1.807) is 6.21 Å². The molecule has 2 nitrogen and oxygen atoms in total. The molecule has 11 heavy (non-hydrogen) atoms. The minimum Gasteiger partial charge on any atom is -0.411 e. The van der Waals surface area contributed by atoms with Crippen LogP contribution in [0.4, 0.5) is 0 Å². The molecule has 0 amide bonds. The summed E-state index contributed by atoms with van der Waals surface area (Å²) in [6, 6.07) is 0. The van der Waals surface area contributed by atoms with Crippen molar-refractivity contribution in [1.29, 1.82) is 0 Å². The van der Waals surface area contributed by atoms with Gasteiger partial charge in [-0.1, -0.05) is 18.6 Å². The van der Waals surface area contributed by atoms with E-state index >= 15 is 0 Å². The summed E-state index contributed by atoms with van der Waals surface area (Å²) in [6.45, 7) is 4.01. The van der Waals surface area contributed by atoms with Crippen molar-refractivity contribution in [2.24, 2.45) is 11.1 Å². The molecule has 0 aromatic heterocycles. The second kappa shape index (κ2) is 4.16. The van der Waals surface area contributed by atoms with Gasteiger partial charge < -0.3 is 5.21 Å². The summed E-state index contributed by atoms with van der Waals surface area (Å²) < 4.78 is 0. The van der Waals surface area contributed by atoms with Gasteiger partial charge in [0.15, 0.2) is 0 Å². The molecule has 0 aromatic carbocycles. The lowest BCUT2D eigenvalue weighted by Gasteiger charge is -2.22.